The maximum absolute atomic E-state index is 6.26. The molecule has 0 spiro atoms. The Morgan fingerprint density at radius 3 is 2.45 bits per heavy atom. The Bertz CT molecular complexity index is 460. The van der Waals surface area contributed by atoms with E-state index in [1.54, 1.807) is 0 Å². The Morgan fingerprint density at radius 1 is 1.30 bits per heavy atom. The molecule has 0 amide bonds. The number of hydrogen-bond donors (Lipinski definition) is 1. The van der Waals surface area contributed by atoms with Crippen molar-refractivity contribution in [2.45, 2.75) is 13.8 Å². The van der Waals surface area contributed by atoms with Gasteiger partial charge in [-0.3, -0.25) is 0 Å². The molecule has 0 saturated heterocycles. The third-order valence-electron chi connectivity index (χ3n) is 2.98. The molecule has 0 aromatic heterocycles. The molecule has 1 rings (SSSR count). The van der Waals surface area contributed by atoms with Crippen LogP contribution in [0, 0.1) is 5.92 Å². The van der Waals surface area contributed by atoms with Crippen LogP contribution in [0.4, 0.5) is 5.69 Å². The first-order valence-corrected chi connectivity index (χ1v) is 7.59. The number of halogens is 1. The molecule has 5 heteroatoms. The van der Waals surface area contributed by atoms with Crippen LogP contribution in [0.5, 0.6) is 0 Å². The summed E-state index contributed by atoms with van der Waals surface area (Å²) in [5.41, 5.74) is 7.66. The van der Waals surface area contributed by atoms with Crippen molar-refractivity contribution in [3.05, 3.63) is 28.8 Å². The normalized spacial score (nSPS) is 11.2. The molecule has 0 aliphatic carbocycles. The van der Waals surface area contributed by atoms with Crippen molar-refractivity contribution >= 4 is 34.5 Å². The summed E-state index contributed by atoms with van der Waals surface area (Å²) >= 11 is 11.4. The lowest BCUT2D eigenvalue weighted by molar-refractivity contribution is 0.409. The Morgan fingerprint density at radius 2 is 1.95 bits per heavy atom. The fourth-order valence-electron chi connectivity index (χ4n) is 2.09. The molecule has 0 radical (unpaired) electrons. The van der Waals surface area contributed by atoms with Crippen LogP contribution in [0.1, 0.15) is 19.4 Å². The Kier molecular flexibility index (Phi) is 6.72. The molecule has 0 heterocycles. The van der Waals surface area contributed by atoms with Crippen molar-refractivity contribution in [2.24, 2.45) is 11.7 Å². The lowest BCUT2D eigenvalue weighted by atomic mass is 10.1. The van der Waals surface area contributed by atoms with Crippen LogP contribution in [0.3, 0.4) is 0 Å². The summed E-state index contributed by atoms with van der Waals surface area (Å²) in [7, 11) is 4.14. The number of hydrogen-bond acceptors (Lipinski definition) is 3. The zero-order valence-corrected chi connectivity index (χ0v) is 14.3. The predicted octanol–water partition coefficient (Wildman–Crippen LogP) is 3.00. The summed E-state index contributed by atoms with van der Waals surface area (Å²) in [6, 6.07) is 5.82. The minimum absolute atomic E-state index is 0.351. The van der Waals surface area contributed by atoms with Gasteiger partial charge < -0.3 is 15.5 Å². The van der Waals surface area contributed by atoms with E-state index in [2.05, 4.69) is 37.7 Å². The van der Waals surface area contributed by atoms with E-state index >= 15 is 0 Å². The van der Waals surface area contributed by atoms with Crippen LogP contribution in [0.2, 0.25) is 5.02 Å². The molecule has 20 heavy (non-hydrogen) atoms. The van der Waals surface area contributed by atoms with Crippen LogP contribution >= 0.6 is 23.8 Å². The number of likely N-dealkylation sites (N-methyl/N-ethyl adjacent to an activating group) is 1. The molecular weight excluding hydrogens is 290 g/mol. The van der Waals surface area contributed by atoms with Gasteiger partial charge in [0.2, 0.25) is 0 Å². The van der Waals surface area contributed by atoms with Crippen molar-refractivity contribution in [1.82, 2.24) is 4.90 Å². The lowest BCUT2D eigenvalue weighted by Gasteiger charge is -2.30. The van der Waals surface area contributed by atoms with Gasteiger partial charge in [-0.15, -0.1) is 0 Å². The van der Waals surface area contributed by atoms with E-state index in [0.29, 0.717) is 15.9 Å². The zero-order valence-electron chi connectivity index (χ0n) is 12.7. The number of anilines is 1. The first-order chi connectivity index (χ1) is 9.32. The summed E-state index contributed by atoms with van der Waals surface area (Å²) in [4.78, 5) is 4.83. The molecule has 0 fully saturated rings. The Hall–Kier alpha value is -0.840. The fourth-order valence-corrected chi connectivity index (χ4v) is 2.63. The third-order valence-corrected chi connectivity index (χ3v) is 3.50. The zero-order chi connectivity index (χ0) is 15.3. The molecule has 0 saturated carbocycles. The third kappa shape index (κ3) is 4.93. The van der Waals surface area contributed by atoms with Gasteiger partial charge in [0.1, 0.15) is 4.99 Å². The molecule has 0 atom stereocenters. The molecular formula is C15H24ClN3S. The second-order valence-corrected chi connectivity index (χ2v) is 6.49. The van der Waals surface area contributed by atoms with Crippen LogP contribution < -0.4 is 10.6 Å². The maximum atomic E-state index is 6.26. The average molecular weight is 314 g/mol. The van der Waals surface area contributed by atoms with Crippen LogP contribution in [-0.4, -0.2) is 43.6 Å². The molecule has 2 N–H and O–H groups in total. The number of thiocarbonyl (C=S) groups is 1. The highest BCUT2D eigenvalue weighted by Crippen LogP contribution is 2.28. The van der Waals surface area contributed by atoms with Gasteiger partial charge in [0, 0.05) is 25.3 Å². The van der Waals surface area contributed by atoms with Crippen LogP contribution in [0.15, 0.2) is 18.2 Å². The van der Waals surface area contributed by atoms with E-state index in [4.69, 9.17) is 29.6 Å². The van der Waals surface area contributed by atoms with E-state index in [1.807, 2.05) is 18.2 Å². The number of rotatable bonds is 7. The van der Waals surface area contributed by atoms with Gasteiger partial charge in [-0.25, -0.2) is 0 Å². The average Bonchev–Trinajstić information content (AvgIpc) is 2.33. The molecule has 1 aromatic carbocycles. The first-order valence-electron chi connectivity index (χ1n) is 6.81. The highest BCUT2D eigenvalue weighted by molar-refractivity contribution is 7.80. The maximum Gasteiger partial charge on any atom is 0.107 e. The molecule has 0 aliphatic heterocycles. The van der Waals surface area contributed by atoms with Gasteiger partial charge in [0.05, 0.1) is 10.6 Å². The minimum atomic E-state index is 0.351. The summed E-state index contributed by atoms with van der Waals surface area (Å²) in [5, 5.41) is 0.619. The highest BCUT2D eigenvalue weighted by atomic mass is 35.5. The highest BCUT2D eigenvalue weighted by Gasteiger charge is 2.16. The van der Waals surface area contributed by atoms with Gasteiger partial charge >= 0.3 is 0 Å². The van der Waals surface area contributed by atoms with Crippen molar-refractivity contribution < 1.29 is 0 Å². The topological polar surface area (TPSA) is 32.5 Å². The summed E-state index contributed by atoms with van der Waals surface area (Å²) < 4.78 is 0. The molecule has 3 nitrogen and oxygen atoms in total. The summed E-state index contributed by atoms with van der Waals surface area (Å²) in [6.07, 6.45) is 0. The minimum Gasteiger partial charge on any atom is -0.389 e. The van der Waals surface area contributed by atoms with Gasteiger partial charge in [-0.1, -0.05) is 43.7 Å². The largest absolute Gasteiger partial charge is 0.389 e. The van der Waals surface area contributed by atoms with Crippen molar-refractivity contribution in [2.75, 3.05) is 38.6 Å². The van der Waals surface area contributed by atoms with E-state index in [0.717, 1.165) is 30.9 Å². The number of nitrogens with two attached hydrogens (primary N) is 1. The second-order valence-electron chi connectivity index (χ2n) is 5.64. The van der Waals surface area contributed by atoms with Gasteiger partial charge in [0.25, 0.3) is 0 Å². The summed E-state index contributed by atoms with van der Waals surface area (Å²) in [5.74, 6) is 0.551. The standard InChI is InChI=1S/C15H24ClN3S/c1-11(2)10-19(9-8-18(3)4)13-7-5-6-12(16)14(13)15(17)20/h5-7,11H,8-10H2,1-4H3,(H2,17,20). The van der Waals surface area contributed by atoms with Crippen molar-refractivity contribution in [1.29, 1.82) is 0 Å². The fraction of sp³-hybridized carbons (Fsp3) is 0.533. The van der Waals surface area contributed by atoms with Gasteiger partial charge in [0.15, 0.2) is 0 Å². The molecule has 0 bridgehead atoms. The van der Waals surface area contributed by atoms with E-state index < -0.39 is 0 Å². The quantitative estimate of drug-likeness (QED) is 0.784. The van der Waals surface area contributed by atoms with E-state index in [-0.39, 0.29) is 0 Å². The monoisotopic (exact) mass is 313 g/mol. The Balaban J connectivity index is 3.12. The van der Waals surface area contributed by atoms with Gasteiger partial charge in [-0.2, -0.15) is 0 Å². The Labute approximate surface area is 132 Å². The van der Waals surface area contributed by atoms with Crippen LogP contribution in [0.25, 0.3) is 0 Å². The van der Waals surface area contributed by atoms with Crippen molar-refractivity contribution in [3.8, 4) is 0 Å². The smallest absolute Gasteiger partial charge is 0.107 e. The molecule has 0 aliphatic rings. The second kappa shape index (κ2) is 7.81. The first kappa shape index (κ1) is 17.2. The van der Waals surface area contributed by atoms with Crippen LogP contribution in [-0.2, 0) is 0 Å². The van der Waals surface area contributed by atoms with E-state index in [1.165, 1.54) is 0 Å². The number of nitrogens with zero attached hydrogens (tertiary/aromatic N) is 2. The predicted molar refractivity (Wildman–Crippen MR) is 92.9 cm³/mol. The lowest BCUT2D eigenvalue weighted by Crippen LogP contribution is -2.35. The van der Waals surface area contributed by atoms with Gasteiger partial charge in [-0.05, 0) is 32.1 Å². The summed E-state index contributed by atoms with van der Waals surface area (Å²) in [6.45, 7) is 7.24. The molecule has 112 valence electrons. The molecule has 1 aromatic rings. The number of benzene rings is 1. The SMILES string of the molecule is CC(C)CN(CCN(C)C)c1cccc(Cl)c1C(N)=S. The van der Waals surface area contributed by atoms with E-state index in [9.17, 15) is 0 Å². The molecule has 0 unspecified atom stereocenters. The van der Waals surface area contributed by atoms with Crippen molar-refractivity contribution in [3.63, 3.8) is 0 Å².